The van der Waals surface area contributed by atoms with E-state index in [1.165, 1.54) is 6.21 Å². The largest absolute Gasteiger partial charge is 0.411 e. The molecule has 0 unspecified atom stereocenters. The Balaban J connectivity index is 2.73. The molecule has 0 bridgehead atoms. The molecular formula is C8H7N3O. The van der Waals surface area contributed by atoms with Crippen LogP contribution in [0.2, 0.25) is 0 Å². The zero-order valence-corrected chi connectivity index (χ0v) is 6.23. The maximum atomic E-state index is 8.36. The Morgan fingerprint density at radius 1 is 1.50 bits per heavy atom. The quantitative estimate of drug-likeness (QED) is 0.377. The van der Waals surface area contributed by atoms with Gasteiger partial charge in [-0.2, -0.15) is 0 Å². The van der Waals surface area contributed by atoms with Gasteiger partial charge in [0.2, 0.25) is 0 Å². The molecule has 0 aliphatic heterocycles. The highest BCUT2D eigenvalue weighted by Crippen LogP contribution is 2.12. The lowest BCUT2D eigenvalue weighted by Gasteiger charge is -1.92. The maximum absolute atomic E-state index is 8.36. The SMILES string of the molecule is ON=Cc1ccnc2[nH]ccc12. The minimum atomic E-state index is 0.799. The van der Waals surface area contributed by atoms with Crippen LogP contribution in [0.25, 0.3) is 11.0 Å². The molecule has 0 atom stereocenters. The highest BCUT2D eigenvalue weighted by molar-refractivity contribution is 5.96. The van der Waals surface area contributed by atoms with Gasteiger partial charge in [-0.3, -0.25) is 0 Å². The lowest BCUT2D eigenvalue weighted by atomic mass is 10.2. The summed E-state index contributed by atoms with van der Waals surface area (Å²) in [5.74, 6) is 0. The van der Waals surface area contributed by atoms with E-state index in [1.54, 1.807) is 18.5 Å². The summed E-state index contributed by atoms with van der Waals surface area (Å²) in [4.78, 5) is 7.05. The molecule has 0 saturated carbocycles. The highest BCUT2D eigenvalue weighted by atomic mass is 16.4. The number of oxime groups is 1. The molecule has 2 heterocycles. The summed E-state index contributed by atoms with van der Waals surface area (Å²) >= 11 is 0. The van der Waals surface area contributed by atoms with Crippen molar-refractivity contribution in [3.8, 4) is 0 Å². The molecule has 0 radical (unpaired) electrons. The van der Waals surface area contributed by atoms with Gasteiger partial charge in [0.1, 0.15) is 5.65 Å². The Labute approximate surface area is 68.6 Å². The molecule has 4 nitrogen and oxygen atoms in total. The van der Waals surface area contributed by atoms with E-state index in [0.717, 1.165) is 16.6 Å². The Hall–Kier alpha value is -1.84. The predicted molar refractivity (Wildman–Crippen MR) is 45.5 cm³/mol. The van der Waals surface area contributed by atoms with Gasteiger partial charge in [-0.05, 0) is 12.1 Å². The minimum absolute atomic E-state index is 0.799. The number of nitrogens with zero attached hydrogens (tertiary/aromatic N) is 2. The summed E-state index contributed by atoms with van der Waals surface area (Å²) in [6.07, 6.45) is 4.85. The van der Waals surface area contributed by atoms with Crippen LogP contribution in [0.15, 0.2) is 29.7 Å². The number of pyridine rings is 1. The van der Waals surface area contributed by atoms with Crippen LogP contribution < -0.4 is 0 Å². The van der Waals surface area contributed by atoms with Gasteiger partial charge in [-0.25, -0.2) is 4.98 Å². The molecule has 0 spiro atoms. The van der Waals surface area contributed by atoms with Crippen molar-refractivity contribution in [3.05, 3.63) is 30.1 Å². The average Bonchev–Trinajstić information content (AvgIpc) is 2.53. The second-order valence-electron chi connectivity index (χ2n) is 2.38. The first-order chi connectivity index (χ1) is 5.92. The Bertz CT molecular complexity index is 419. The number of aromatic amines is 1. The topological polar surface area (TPSA) is 61.3 Å². The summed E-state index contributed by atoms with van der Waals surface area (Å²) < 4.78 is 0. The van der Waals surface area contributed by atoms with Crippen molar-refractivity contribution >= 4 is 17.2 Å². The van der Waals surface area contributed by atoms with Crippen molar-refractivity contribution in [3.63, 3.8) is 0 Å². The van der Waals surface area contributed by atoms with Crippen LogP contribution in [0, 0.1) is 0 Å². The lowest BCUT2D eigenvalue weighted by molar-refractivity contribution is 0.322. The maximum Gasteiger partial charge on any atom is 0.137 e. The summed E-state index contributed by atoms with van der Waals surface area (Å²) in [5, 5.41) is 12.3. The third-order valence-electron chi connectivity index (χ3n) is 1.69. The number of hydrogen-bond donors (Lipinski definition) is 2. The van der Waals surface area contributed by atoms with Gasteiger partial charge in [0, 0.05) is 23.3 Å². The zero-order chi connectivity index (χ0) is 8.39. The molecule has 0 saturated heterocycles. The number of aromatic nitrogens is 2. The molecule has 0 fully saturated rings. The van der Waals surface area contributed by atoms with Crippen LogP contribution >= 0.6 is 0 Å². The number of fused-ring (bicyclic) bond motifs is 1. The first kappa shape index (κ1) is 6.84. The van der Waals surface area contributed by atoms with E-state index in [0.29, 0.717) is 0 Å². The van der Waals surface area contributed by atoms with Crippen LogP contribution in [0.4, 0.5) is 0 Å². The fraction of sp³-hybridized carbons (Fsp3) is 0. The van der Waals surface area contributed by atoms with Crippen molar-refractivity contribution in [1.82, 2.24) is 9.97 Å². The van der Waals surface area contributed by atoms with E-state index in [2.05, 4.69) is 15.1 Å². The summed E-state index contributed by atoms with van der Waals surface area (Å²) in [5.41, 5.74) is 1.65. The Kier molecular flexibility index (Phi) is 1.51. The van der Waals surface area contributed by atoms with E-state index >= 15 is 0 Å². The van der Waals surface area contributed by atoms with Gasteiger partial charge in [-0.15, -0.1) is 0 Å². The minimum Gasteiger partial charge on any atom is -0.411 e. The third-order valence-corrected chi connectivity index (χ3v) is 1.69. The molecule has 0 aliphatic rings. The molecule has 0 amide bonds. The van der Waals surface area contributed by atoms with Gasteiger partial charge < -0.3 is 10.2 Å². The van der Waals surface area contributed by atoms with E-state index < -0.39 is 0 Å². The summed E-state index contributed by atoms with van der Waals surface area (Å²) in [6.45, 7) is 0. The van der Waals surface area contributed by atoms with Crippen LogP contribution in [0.1, 0.15) is 5.56 Å². The van der Waals surface area contributed by atoms with Crippen LogP contribution in [0.5, 0.6) is 0 Å². The molecule has 2 aromatic rings. The first-order valence-electron chi connectivity index (χ1n) is 3.51. The van der Waals surface area contributed by atoms with Crippen molar-refractivity contribution in [2.24, 2.45) is 5.16 Å². The molecule has 2 rings (SSSR count). The molecule has 2 N–H and O–H groups in total. The Morgan fingerprint density at radius 2 is 2.42 bits per heavy atom. The predicted octanol–water partition coefficient (Wildman–Crippen LogP) is 1.37. The number of rotatable bonds is 1. The summed E-state index contributed by atoms with van der Waals surface area (Å²) in [7, 11) is 0. The van der Waals surface area contributed by atoms with Gasteiger partial charge in [-0.1, -0.05) is 5.16 Å². The molecule has 60 valence electrons. The van der Waals surface area contributed by atoms with E-state index in [-0.39, 0.29) is 0 Å². The molecule has 12 heavy (non-hydrogen) atoms. The number of hydrogen-bond acceptors (Lipinski definition) is 3. The monoisotopic (exact) mass is 161 g/mol. The van der Waals surface area contributed by atoms with Crippen molar-refractivity contribution in [2.75, 3.05) is 0 Å². The van der Waals surface area contributed by atoms with E-state index in [9.17, 15) is 0 Å². The first-order valence-corrected chi connectivity index (χ1v) is 3.51. The van der Waals surface area contributed by atoms with Crippen molar-refractivity contribution in [2.45, 2.75) is 0 Å². The smallest absolute Gasteiger partial charge is 0.137 e. The molecule has 0 aliphatic carbocycles. The average molecular weight is 161 g/mol. The van der Waals surface area contributed by atoms with Gasteiger partial charge in [0.15, 0.2) is 0 Å². The lowest BCUT2D eigenvalue weighted by Crippen LogP contribution is -1.83. The zero-order valence-electron chi connectivity index (χ0n) is 6.23. The van der Waals surface area contributed by atoms with Gasteiger partial charge in [0.05, 0.1) is 6.21 Å². The van der Waals surface area contributed by atoms with Gasteiger partial charge in [0.25, 0.3) is 0 Å². The van der Waals surface area contributed by atoms with E-state index in [4.69, 9.17) is 5.21 Å². The normalized spacial score (nSPS) is 11.3. The second-order valence-corrected chi connectivity index (χ2v) is 2.38. The fourth-order valence-corrected chi connectivity index (χ4v) is 1.16. The molecule has 4 heteroatoms. The Morgan fingerprint density at radius 3 is 3.25 bits per heavy atom. The summed E-state index contributed by atoms with van der Waals surface area (Å²) in [6, 6.07) is 3.68. The molecular weight excluding hydrogens is 154 g/mol. The highest BCUT2D eigenvalue weighted by Gasteiger charge is 1.98. The van der Waals surface area contributed by atoms with Crippen LogP contribution in [-0.4, -0.2) is 21.4 Å². The van der Waals surface area contributed by atoms with Crippen molar-refractivity contribution in [1.29, 1.82) is 0 Å². The van der Waals surface area contributed by atoms with Crippen LogP contribution in [-0.2, 0) is 0 Å². The second kappa shape index (κ2) is 2.65. The fourth-order valence-electron chi connectivity index (χ4n) is 1.16. The molecule has 2 aromatic heterocycles. The van der Waals surface area contributed by atoms with Crippen molar-refractivity contribution < 1.29 is 5.21 Å². The number of H-pyrrole nitrogens is 1. The van der Waals surface area contributed by atoms with Gasteiger partial charge >= 0.3 is 0 Å². The number of nitrogens with one attached hydrogen (secondary N) is 1. The van der Waals surface area contributed by atoms with E-state index in [1.807, 2.05) is 6.07 Å². The third kappa shape index (κ3) is 0.934. The standard InChI is InChI=1S/C8H7N3O/c12-11-5-6-1-3-9-8-7(6)2-4-10-8/h1-5,12H,(H,9,10). The van der Waals surface area contributed by atoms with Crippen LogP contribution in [0.3, 0.4) is 0 Å². The molecule has 0 aromatic carbocycles.